The minimum Gasteiger partial charge on any atom is -0.351 e. The number of nitrogens with one attached hydrogen (secondary N) is 2. The van der Waals surface area contributed by atoms with Crippen LogP contribution in [0.25, 0.3) is 0 Å². The molecule has 1 aromatic rings. The monoisotopic (exact) mass is 281 g/mol. The molecule has 104 valence electrons. The quantitative estimate of drug-likeness (QED) is 0.853. The maximum Gasteiger partial charge on any atom is 0.261 e. The van der Waals surface area contributed by atoms with Crippen LogP contribution in [-0.2, 0) is 4.79 Å². The molecular weight excluding hydrogens is 262 g/mol. The van der Waals surface area contributed by atoms with Crippen molar-refractivity contribution in [2.24, 2.45) is 0 Å². The van der Waals surface area contributed by atoms with E-state index in [1.165, 1.54) is 11.3 Å². The molecule has 0 aromatic carbocycles. The summed E-state index contributed by atoms with van der Waals surface area (Å²) in [5.74, 6) is 0.0108. The molecule has 5 nitrogen and oxygen atoms in total. The van der Waals surface area contributed by atoms with Crippen LogP contribution in [0.2, 0.25) is 0 Å². The molecule has 2 heterocycles. The Labute approximate surface area is 117 Å². The van der Waals surface area contributed by atoms with Crippen LogP contribution in [-0.4, -0.2) is 48.9 Å². The summed E-state index contributed by atoms with van der Waals surface area (Å²) in [6.07, 6.45) is 0.363. The lowest BCUT2D eigenvalue weighted by molar-refractivity contribution is -0.133. The zero-order chi connectivity index (χ0) is 13.7. The van der Waals surface area contributed by atoms with Crippen LogP contribution in [0.1, 0.15) is 23.0 Å². The molecule has 1 aliphatic heterocycles. The van der Waals surface area contributed by atoms with E-state index in [1.54, 1.807) is 6.07 Å². The summed E-state index contributed by atoms with van der Waals surface area (Å²) in [6, 6.07) is 3.85. The first-order valence-electron chi connectivity index (χ1n) is 6.50. The highest BCUT2D eigenvalue weighted by atomic mass is 32.1. The molecule has 0 aliphatic carbocycles. The Morgan fingerprint density at radius 3 is 3.11 bits per heavy atom. The smallest absolute Gasteiger partial charge is 0.261 e. The van der Waals surface area contributed by atoms with Crippen molar-refractivity contribution in [1.29, 1.82) is 0 Å². The van der Waals surface area contributed by atoms with Gasteiger partial charge < -0.3 is 15.5 Å². The summed E-state index contributed by atoms with van der Waals surface area (Å²) in [5, 5.41) is 7.89. The first-order valence-corrected chi connectivity index (χ1v) is 7.38. The van der Waals surface area contributed by atoms with Crippen LogP contribution >= 0.6 is 11.3 Å². The summed E-state index contributed by atoms with van der Waals surface area (Å²) in [6.45, 7) is 4.87. The summed E-state index contributed by atoms with van der Waals surface area (Å²) in [7, 11) is 0. The summed E-state index contributed by atoms with van der Waals surface area (Å²) >= 11 is 1.40. The van der Waals surface area contributed by atoms with Crippen molar-refractivity contribution in [3.63, 3.8) is 0 Å². The maximum atomic E-state index is 12.0. The van der Waals surface area contributed by atoms with Gasteiger partial charge in [0.05, 0.1) is 4.88 Å². The highest BCUT2D eigenvalue weighted by Gasteiger charge is 2.22. The lowest BCUT2D eigenvalue weighted by Gasteiger charge is -2.34. The Morgan fingerprint density at radius 2 is 2.42 bits per heavy atom. The number of carbonyl (C=O) groups excluding carboxylic acids is 2. The highest BCUT2D eigenvalue weighted by Crippen LogP contribution is 2.08. The highest BCUT2D eigenvalue weighted by molar-refractivity contribution is 7.12. The number of rotatable bonds is 4. The van der Waals surface area contributed by atoms with Gasteiger partial charge in [-0.15, -0.1) is 11.3 Å². The first kappa shape index (κ1) is 14.0. The fraction of sp³-hybridized carbons (Fsp3) is 0.538. The number of thiophene rings is 1. The number of hydrogen-bond donors (Lipinski definition) is 2. The second-order valence-electron chi connectivity index (χ2n) is 4.62. The normalized spacial score (nSPS) is 19.2. The number of piperazine rings is 1. The van der Waals surface area contributed by atoms with Crippen molar-refractivity contribution >= 4 is 23.2 Å². The van der Waals surface area contributed by atoms with Gasteiger partial charge in [0.1, 0.15) is 0 Å². The van der Waals surface area contributed by atoms with E-state index in [9.17, 15) is 9.59 Å². The first-order chi connectivity index (χ1) is 9.18. The molecular formula is C13H19N3O2S. The van der Waals surface area contributed by atoms with Gasteiger partial charge in [-0.2, -0.15) is 0 Å². The van der Waals surface area contributed by atoms with Crippen molar-refractivity contribution in [3.05, 3.63) is 22.4 Å². The van der Waals surface area contributed by atoms with Crippen LogP contribution in [0.3, 0.4) is 0 Å². The largest absolute Gasteiger partial charge is 0.351 e. The lowest BCUT2D eigenvalue weighted by atomic mass is 10.2. The third kappa shape index (κ3) is 3.78. The molecule has 0 radical (unpaired) electrons. The van der Waals surface area contributed by atoms with Crippen molar-refractivity contribution in [2.75, 3.05) is 26.2 Å². The van der Waals surface area contributed by atoms with E-state index in [1.807, 2.05) is 23.3 Å². The molecule has 19 heavy (non-hydrogen) atoms. The average molecular weight is 281 g/mol. The van der Waals surface area contributed by atoms with E-state index < -0.39 is 0 Å². The van der Waals surface area contributed by atoms with E-state index in [0.29, 0.717) is 17.8 Å². The third-order valence-electron chi connectivity index (χ3n) is 3.19. The summed E-state index contributed by atoms with van der Waals surface area (Å²) in [4.78, 5) is 26.3. The number of amides is 2. The average Bonchev–Trinajstić information content (AvgIpc) is 2.93. The molecule has 0 saturated carbocycles. The number of nitrogens with zero attached hydrogens (tertiary/aromatic N) is 1. The fourth-order valence-electron chi connectivity index (χ4n) is 2.13. The number of hydrogen-bond acceptors (Lipinski definition) is 4. The SMILES string of the molecule is CC1CNCCN1C(=O)CCNC(=O)c1cccs1. The molecule has 1 aliphatic rings. The van der Waals surface area contributed by atoms with E-state index in [0.717, 1.165) is 19.6 Å². The van der Waals surface area contributed by atoms with E-state index in [-0.39, 0.29) is 17.9 Å². The summed E-state index contributed by atoms with van der Waals surface area (Å²) in [5.41, 5.74) is 0. The molecule has 2 rings (SSSR count). The molecule has 0 bridgehead atoms. The van der Waals surface area contributed by atoms with E-state index >= 15 is 0 Å². The van der Waals surface area contributed by atoms with Crippen LogP contribution in [0, 0.1) is 0 Å². The van der Waals surface area contributed by atoms with Gasteiger partial charge in [0.2, 0.25) is 5.91 Å². The van der Waals surface area contributed by atoms with Gasteiger partial charge in [0.15, 0.2) is 0 Å². The van der Waals surface area contributed by atoms with Crippen LogP contribution in [0.4, 0.5) is 0 Å². The van der Waals surface area contributed by atoms with Gasteiger partial charge in [0.25, 0.3) is 5.91 Å². The van der Waals surface area contributed by atoms with Crippen LogP contribution < -0.4 is 10.6 Å². The van der Waals surface area contributed by atoms with Crippen molar-refractivity contribution in [3.8, 4) is 0 Å². The van der Waals surface area contributed by atoms with Crippen molar-refractivity contribution in [1.82, 2.24) is 15.5 Å². The molecule has 6 heteroatoms. The maximum absolute atomic E-state index is 12.0. The minimum absolute atomic E-state index is 0.101. The standard InChI is InChI=1S/C13H19N3O2S/c1-10-9-14-6-7-16(10)12(17)4-5-15-13(18)11-3-2-8-19-11/h2-3,8,10,14H,4-7,9H2,1H3,(H,15,18). The zero-order valence-electron chi connectivity index (χ0n) is 11.0. The second-order valence-corrected chi connectivity index (χ2v) is 5.57. The predicted octanol–water partition coefficient (Wildman–Crippen LogP) is 0.688. The van der Waals surface area contributed by atoms with Gasteiger partial charge in [-0.25, -0.2) is 0 Å². The fourth-order valence-corrected chi connectivity index (χ4v) is 2.77. The molecule has 2 N–H and O–H groups in total. The zero-order valence-corrected chi connectivity index (χ0v) is 11.8. The Bertz CT molecular complexity index is 433. The molecule has 2 amide bonds. The molecule has 1 fully saturated rings. The van der Waals surface area contributed by atoms with Crippen LogP contribution in [0.5, 0.6) is 0 Å². The molecule has 1 aromatic heterocycles. The van der Waals surface area contributed by atoms with Crippen LogP contribution in [0.15, 0.2) is 17.5 Å². The third-order valence-corrected chi connectivity index (χ3v) is 4.06. The van der Waals surface area contributed by atoms with Gasteiger partial charge >= 0.3 is 0 Å². The molecule has 1 unspecified atom stereocenters. The Morgan fingerprint density at radius 1 is 1.58 bits per heavy atom. The Balaban J connectivity index is 1.73. The van der Waals surface area contributed by atoms with Gasteiger partial charge in [-0.3, -0.25) is 9.59 Å². The topological polar surface area (TPSA) is 61.4 Å². The van der Waals surface area contributed by atoms with E-state index in [2.05, 4.69) is 10.6 Å². The second kappa shape index (κ2) is 6.68. The number of carbonyl (C=O) groups is 2. The van der Waals surface area contributed by atoms with Gasteiger partial charge in [0, 0.05) is 38.6 Å². The lowest BCUT2D eigenvalue weighted by Crippen LogP contribution is -2.52. The molecule has 0 spiro atoms. The minimum atomic E-state index is -0.101. The van der Waals surface area contributed by atoms with Gasteiger partial charge in [-0.05, 0) is 18.4 Å². The predicted molar refractivity (Wildman–Crippen MR) is 75.3 cm³/mol. The Hall–Kier alpha value is -1.40. The molecule has 1 saturated heterocycles. The molecule has 1 atom stereocenters. The summed E-state index contributed by atoms with van der Waals surface area (Å²) < 4.78 is 0. The van der Waals surface area contributed by atoms with Crippen molar-refractivity contribution < 1.29 is 9.59 Å². The van der Waals surface area contributed by atoms with E-state index in [4.69, 9.17) is 0 Å². The van der Waals surface area contributed by atoms with Crippen molar-refractivity contribution in [2.45, 2.75) is 19.4 Å². The Kier molecular flexibility index (Phi) is 4.93. The van der Waals surface area contributed by atoms with Gasteiger partial charge in [-0.1, -0.05) is 6.07 Å².